The summed E-state index contributed by atoms with van der Waals surface area (Å²) in [7, 11) is 0. The molecule has 1 saturated carbocycles. The Morgan fingerprint density at radius 1 is 1.28 bits per heavy atom. The number of hydrogen-bond acceptors (Lipinski definition) is 3. The fourth-order valence-electron chi connectivity index (χ4n) is 2.60. The van der Waals surface area contributed by atoms with E-state index in [1.165, 1.54) is 0 Å². The minimum Gasteiger partial charge on any atom is -0.444 e. The molecule has 1 rings (SSSR count). The summed E-state index contributed by atoms with van der Waals surface area (Å²) >= 11 is 0. The maximum atomic E-state index is 12.0. The molecule has 0 radical (unpaired) electrons. The van der Waals surface area contributed by atoms with Crippen LogP contribution in [0.25, 0.3) is 0 Å². The highest BCUT2D eigenvalue weighted by atomic mass is 16.6. The molecule has 3 N–H and O–H groups in total. The second kappa shape index (κ2) is 5.08. The highest BCUT2D eigenvalue weighted by Gasteiger charge is 2.50. The number of nitrogens with two attached hydrogens (primary N) is 1. The standard InChI is InChI=1S/C14H28N2O2/c1-12(2,3)18-11(17)16-14(7-6-8-14)13(4,5)9-10-15/h6-10,15H2,1-5H3,(H,16,17). The third-order valence-electron chi connectivity index (χ3n) is 4.01. The molecular weight excluding hydrogens is 228 g/mol. The molecule has 0 aromatic heterocycles. The lowest BCUT2D eigenvalue weighted by Crippen LogP contribution is -2.63. The van der Waals surface area contributed by atoms with E-state index in [-0.39, 0.29) is 17.0 Å². The number of hydrogen-bond donors (Lipinski definition) is 2. The lowest BCUT2D eigenvalue weighted by molar-refractivity contribution is 0.00244. The topological polar surface area (TPSA) is 64.3 Å². The van der Waals surface area contributed by atoms with E-state index in [4.69, 9.17) is 10.5 Å². The van der Waals surface area contributed by atoms with Crippen molar-refractivity contribution >= 4 is 6.09 Å². The van der Waals surface area contributed by atoms with Crippen LogP contribution in [0.1, 0.15) is 60.3 Å². The van der Waals surface area contributed by atoms with E-state index in [9.17, 15) is 4.79 Å². The first-order valence-corrected chi connectivity index (χ1v) is 6.83. The first kappa shape index (κ1) is 15.3. The van der Waals surface area contributed by atoms with Crippen LogP contribution >= 0.6 is 0 Å². The average molecular weight is 256 g/mol. The maximum absolute atomic E-state index is 12.0. The summed E-state index contributed by atoms with van der Waals surface area (Å²) in [5.41, 5.74) is 5.09. The van der Waals surface area contributed by atoms with Gasteiger partial charge in [0.2, 0.25) is 0 Å². The van der Waals surface area contributed by atoms with Crippen LogP contribution in [-0.4, -0.2) is 23.8 Å². The SMILES string of the molecule is CC(C)(C)OC(=O)NC1(C(C)(C)CCN)CCC1. The molecule has 0 saturated heterocycles. The van der Waals surface area contributed by atoms with Crippen molar-refractivity contribution in [2.24, 2.45) is 11.1 Å². The summed E-state index contributed by atoms with van der Waals surface area (Å²) in [6.07, 6.45) is 3.78. The normalized spacial score (nSPS) is 19.0. The van der Waals surface area contributed by atoms with Gasteiger partial charge in [-0.05, 0) is 58.4 Å². The first-order valence-electron chi connectivity index (χ1n) is 6.83. The van der Waals surface area contributed by atoms with Crippen LogP contribution in [0.4, 0.5) is 4.79 Å². The number of amides is 1. The molecule has 0 bridgehead atoms. The molecule has 1 aliphatic rings. The van der Waals surface area contributed by atoms with Crippen LogP contribution in [-0.2, 0) is 4.74 Å². The fourth-order valence-corrected chi connectivity index (χ4v) is 2.60. The molecule has 1 aliphatic carbocycles. The van der Waals surface area contributed by atoms with E-state index >= 15 is 0 Å². The number of ether oxygens (including phenoxy) is 1. The van der Waals surface area contributed by atoms with Gasteiger partial charge in [-0.1, -0.05) is 13.8 Å². The van der Waals surface area contributed by atoms with Gasteiger partial charge in [0.25, 0.3) is 0 Å². The highest BCUT2D eigenvalue weighted by Crippen LogP contribution is 2.47. The van der Waals surface area contributed by atoms with Crippen molar-refractivity contribution in [2.45, 2.75) is 71.4 Å². The van der Waals surface area contributed by atoms with Crippen LogP contribution in [0.5, 0.6) is 0 Å². The zero-order valence-corrected chi connectivity index (χ0v) is 12.4. The molecule has 4 nitrogen and oxygen atoms in total. The van der Waals surface area contributed by atoms with E-state index in [0.29, 0.717) is 6.54 Å². The minimum atomic E-state index is -0.451. The smallest absolute Gasteiger partial charge is 0.408 e. The zero-order valence-electron chi connectivity index (χ0n) is 12.4. The zero-order chi connectivity index (χ0) is 14.0. The van der Waals surface area contributed by atoms with Gasteiger partial charge in [0, 0.05) is 5.54 Å². The van der Waals surface area contributed by atoms with Gasteiger partial charge in [-0.25, -0.2) is 4.79 Å². The molecule has 0 heterocycles. The number of rotatable bonds is 4. The Labute approximate surface area is 111 Å². The summed E-state index contributed by atoms with van der Waals surface area (Å²) < 4.78 is 5.36. The van der Waals surface area contributed by atoms with Crippen molar-refractivity contribution in [3.05, 3.63) is 0 Å². The Kier molecular flexibility index (Phi) is 4.31. The van der Waals surface area contributed by atoms with Crippen LogP contribution in [0.15, 0.2) is 0 Å². The van der Waals surface area contributed by atoms with Gasteiger partial charge in [0.15, 0.2) is 0 Å². The number of carbonyl (C=O) groups excluding carboxylic acids is 1. The van der Waals surface area contributed by atoms with Crippen molar-refractivity contribution in [1.29, 1.82) is 0 Å². The Morgan fingerprint density at radius 3 is 2.17 bits per heavy atom. The summed E-state index contributed by atoms with van der Waals surface area (Å²) in [5, 5.41) is 3.09. The van der Waals surface area contributed by atoms with E-state index in [1.54, 1.807) is 0 Å². The van der Waals surface area contributed by atoms with Gasteiger partial charge in [-0.2, -0.15) is 0 Å². The molecular formula is C14H28N2O2. The van der Waals surface area contributed by atoms with Gasteiger partial charge in [0.05, 0.1) is 0 Å². The van der Waals surface area contributed by atoms with Crippen molar-refractivity contribution in [3.63, 3.8) is 0 Å². The van der Waals surface area contributed by atoms with Crippen molar-refractivity contribution in [2.75, 3.05) is 6.54 Å². The van der Waals surface area contributed by atoms with Crippen LogP contribution < -0.4 is 11.1 Å². The van der Waals surface area contributed by atoms with E-state index in [0.717, 1.165) is 25.7 Å². The molecule has 18 heavy (non-hydrogen) atoms. The van der Waals surface area contributed by atoms with Gasteiger partial charge >= 0.3 is 6.09 Å². The van der Waals surface area contributed by atoms with E-state index < -0.39 is 5.60 Å². The lowest BCUT2D eigenvalue weighted by Gasteiger charge is -2.53. The molecule has 1 fully saturated rings. The van der Waals surface area contributed by atoms with Crippen molar-refractivity contribution < 1.29 is 9.53 Å². The minimum absolute atomic E-state index is 0.0108. The molecule has 0 atom stereocenters. The van der Waals surface area contributed by atoms with E-state index in [2.05, 4.69) is 19.2 Å². The molecule has 0 spiro atoms. The number of carbonyl (C=O) groups is 1. The second-order valence-corrected chi connectivity index (χ2v) is 6.99. The Hall–Kier alpha value is -0.770. The van der Waals surface area contributed by atoms with Crippen LogP contribution in [0.3, 0.4) is 0 Å². The lowest BCUT2D eigenvalue weighted by atomic mass is 9.59. The van der Waals surface area contributed by atoms with Gasteiger partial charge in [-0.15, -0.1) is 0 Å². The predicted octanol–water partition coefficient (Wildman–Crippen LogP) is 2.81. The molecule has 0 aromatic carbocycles. The third kappa shape index (κ3) is 3.37. The highest BCUT2D eigenvalue weighted by molar-refractivity contribution is 5.69. The van der Waals surface area contributed by atoms with Crippen LogP contribution in [0.2, 0.25) is 0 Å². The maximum Gasteiger partial charge on any atom is 0.408 e. The van der Waals surface area contributed by atoms with Gasteiger partial charge < -0.3 is 15.8 Å². The first-order chi connectivity index (χ1) is 8.12. The second-order valence-electron chi connectivity index (χ2n) is 6.99. The fraction of sp³-hybridized carbons (Fsp3) is 0.929. The molecule has 4 heteroatoms. The number of nitrogens with one attached hydrogen (secondary N) is 1. The summed E-state index contributed by atoms with van der Waals surface area (Å²) in [4.78, 5) is 12.0. The summed E-state index contributed by atoms with van der Waals surface area (Å²) in [6.45, 7) is 10.6. The Balaban J connectivity index is 2.69. The van der Waals surface area contributed by atoms with Crippen molar-refractivity contribution in [3.8, 4) is 0 Å². The molecule has 1 amide bonds. The van der Waals surface area contributed by atoms with Crippen LogP contribution in [0, 0.1) is 5.41 Å². The number of alkyl carbamates (subject to hydrolysis) is 1. The summed E-state index contributed by atoms with van der Waals surface area (Å²) in [6, 6.07) is 0. The third-order valence-corrected chi connectivity index (χ3v) is 4.01. The molecule has 0 aromatic rings. The molecule has 106 valence electrons. The predicted molar refractivity (Wildman–Crippen MR) is 73.4 cm³/mol. The summed E-state index contributed by atoms with van der Waals surface area (Å²) in [5.74, 6) is 0. The largest absolute Gasteiger partial charge is 0.444 e. The van der Waals surface area contributed by atoms with Gasteiger partial charge in [-0.3, -0.25) is 0 Å². The molecule has 0 aliphatic heterocycles. The average Bonchev–Trinajstić information content (AvgIpc) is 2.07. The van der Waals surface area contributed by atoms with E-state index in [1.807, 2.05) is 20.8 Å². The Bertz CT molecular complexity index is 301. The monoisotopic (exact) mass is 256 g/mol. The quantitative estimate of drug-likeness (QED) is 0.813. The Morgan fingerprint density at radius 2 is 1.83 bits per heavy atom. The van der Waals surface area contributed by atoms with Gasteiger partial charge in [0.1, 0.15) is 5.60 Å². The van der Waals surface area contributed by atoms with Crippen molar-refractivity contribution in [1.82, 2.24) is 5.32 Å². The molecule has 0 unspecified atom stereocenters.